The van der Waals surface area contributed by atoms with Crippen LogP contribution in [0.5, 0.6) is 0 Å². The fourth-order valence-electron chi connectivity index (χ4n) is 0.924. The van der Waals surface area contributed by atoms with Crippen molar-refractivity contribution in [2.45, 2.75) is 26.3 Å². The topological polar surface area (TPSA) is 106 Å². The van der Waals surface area contributed by atoms with Crippen molar-refractivity contribution in [1.29, 1.82) is 0 Å². The minimum atomic E-state index is -0.257. The molecule has 1 aromatic rings. The zero-order valence-corrected chi connectivity index (χ0v) is 9.00. The monoisotopic (exact) mass is 213 g/mol. The quantitative estimate of drug-likeness (QED) is 0.651. The van der Waals surface area contributed by atoms with E-state index in [1.54, 1.807) is 0 Å². The third kappa shape index (κ3) is 4.30. The Morgan fingerprint density at radius 3 is 2.60 bits per heavy atom. The van der Waals surface area contributed by atoms with Gasteiger partial charge in [-0.15, -0.1) is 0 Å². The summed E-state index contributed by atoms with van der Waals surface area (Å²) < 4.78 is 4.83. The van der Waals surface area contributed by atoms with Gasteiger partial charge in [-0.05, 0) is 20.8 Å². The predicted molar refractivity (Wildman–Crippen MR) is 55.1 cm³/mol. The Morgan fingerprint density at radius 1 is 1.47 bits per heavy atom. The highest BCUT2D eigenvalue weighted by atomic mass is 16.4. The first-order valence-electron chi connectivity index (χ1n) is 4.51. The second kappa shape index (κ2) is 4.16. The molecule has 1 rings (SSSR count). The molecule has 0 atom stereocenters. The van der Waals surface area contributed by atoms with Gasteiger partial charge < -0.3 is 20.8 Å². The summed E-state index contributed by atoms with van der Waals surface area (Å²) in [5.74, 6) is -0.153. The SMILES string of the molecule is CC(C)(C)NC(=O)CNc1nnc(N)o1. The second-order valence-electron chi connectivity index (χ2n) is 4.10. The third-order valence-electron chi connectivity index (χ3n) is 1.36. The Kier molecular flexibility index (Phi) is 3.13. The van der Waals surface area contributed by atoms with Gasteiger partial charge >= 0.3 is 12.0 Å². The molecule has 1 aromatic heterocycles. The van der Waals surface area contributed by atoms with Gasteiger partial charge in [-0.25, -0.2) is 0 Å². The summed E-state index contributed by atoms with van der Waals surface area (Å²) in [6.45, 7) is 5.76. The maximum absolute atomic E-state index is 11.3. The molecule has 15 heavy (non-hydrogen) atoms. The Hall–Kier alpha value is -1.79. The van der Waals surface area contributed by atoms with E-state index in [1.165, 1.54) is 0 Å². The van der Waals surface area contributed by atoms with E-state index in [1.807, 2.05) is 20.8 Å². The lowest BCUT2D eigenvalue weighted by atomic mass is 10.1. The Morgan fingerprint density at radius 2 is 2.13 bits per heavy atom. The van der Waals surface area contributed by atoms with E-state index in [0.717, 1.165) is 0 Å². The van der Waals surface area contributed by atoms with E-state index < -0.39 is 0 Å². The van der Waals surface area contributed by atoms with Gasteiger partial charge in [0.2, 0.25) is 5.91 Å². The number of nitrogens with two attached hydrogens (primary N) is 1. The van der Waals surface area contributed by atoms with E-state index in [-0.39, 0.29) is 30.0 Å². The van der Waals surface area contributed by atoms with Crippen molar-refractivity contribution in [2.75, 3.05) is 17.6 Å². The number of nitrogens with zero attached hydrogens (tertiary/aromatic N) is 2. The summed E-state index contributed by atoms with van der Waals surface area (Å²) in [5.41, 5.74) is 4.95. The molecular formula is C8H15N5O2. The summed E-state index contributed by atoms with van der Waals surface area (Å²) in [7, 11) is 0. The number of hydrogen-bond donors (Lipinski definition) is 3. The van der Waals surface area contributed by atoms with Crippen LogP contribution in [0.4, 0.5) is 12.0 Å². The molecule has 0 unspecified atom stereocenters. The van der Waals surface area contributed by atoms with Crippen LogP contribution < -0.4 is 16.4 Å². The van der Waals surface area contributed by atoms with E-state index in [9.17, 15) is 4.79 Å². The Bertz CT molecular complexity index is 341. The number of rotatable bonds is 3. The normalized spacial score (nSPS) is 11.1. The molecule has 0 saturated carbocycles. The summed E-state index contributed by atoms with van der Waals surface area (Å²) in [6.07, 6.45) is 0. The van der Waals surface area contributed by atoms with Crippen molar-refractivity contribution in [3.8, 4) is 0 Å². The van der Waals surface area contributed by atoms with Crippen LogP contribution in [-0.4, -0.2) is 28.2 Å². The maximum atomic E-state index is 11.3. The maximum Gasteiger partial charge on any atom is 0.317 e. The summed E-state index contributed by atoms with van der Waals surface area (Å²) in [5, 5.41) is 12.4. The Balaban J connectivity index is 2.35. The Labute approximate surface area is 87.4 Å². The van der Waals surface area contributed by atoms with Gasteiger partial charge in [-0.1, -0.05) is 10.2 Å². The number of carbonyl (C=O) groups is 1. The molecule has 4 N–H and O–H groups in total. The number of nitrogen functional groups attached to an aromatic ring is 1. The molecule has 0 aliphatic rings. The first-order chi connectivity index (χ1) is 6.87. The first-order valence-corrected chi connectivity index (χ1v) is 4.51. The van der Waals surface area contributed by atoms with Crippen LogP contribution in [0.25, 0.3) is 0 Å². The highest BCUT2D eigenvalue weighted by molar-refractivity contribution is 5.80. The van der Waals surface area contributed by atoms with Crippen LogP contribution in [0.3, 0.4) is 0 Å². The molecular weight excluding hydrogens is 198 g/mol. The molecule has 1 amide bonds. The van der Waals surface area contributed by atoms with E-state index in [4.69, 9.17) is 10.2 Å². The van der Waals surface area contributed by atoms with Crippen molar-refractivity contribution in [2.24, 2.45) is 0 Å². The van der Waals surface area contributed by atoms with E-state index >= 15 is 0 Å². The fraction of sp³-hybridized carbons (Fsp3) is 0.625. The molecule has 0 bridgehead atoms. The van der Waals surface area contributed by atoms with Gasteiger partial charge in [0, 0.05) is 5.54 Å². The molecule has 0 aromatic carbocycles. The minimum Gasteiger partial charge on any atom is -0.390 e. The van der Waals surface area contributed by atoms with Gasteiger partial charge in [-0.2, -0.15) is 0 Å². The van der Waals surface area contributed by atoms with Crippen LogP contribution >= 0.6 is 0 Å². The largest absolute Gasteiger partial charge is 0.390 e. The van der Waals surface area contributed by atoms with Crippen LogP contribution in [0.1, 0.15) is 20.8 Å². The van der Waals surface area contributed by atoms with Gasteiger partial charge in [0.15, 0.2) is 0 Å². The van der Waals surface area contributed by atoms with E-state index in [2.05, 4.69) is 20.8 Å². The van der Waals surface area contributed by atoms with Crippen molar-refractivity contribution >= 4 is 17.9 Å². The van der Waals surface area contributed by atoms with Crippen molar-refractivity contribution in [1.82, 2.24) is 15.5 Å². The van der Waals surface area contributed by atoms with Gasteiger partial charge in [-0.3, -0.25) is 4.79 Å². The number of carbonyl (C=O) groups excluding carboxylic acids is 1. The number of anilines is 2. The lowest BCUT2D eigenvalue weighted by Gasteiger charge is -2.20. The zero-order valence-electron chi connectivity index (χ0n) is 9.00. The zero-order chi connectivity index (χ0) is 11.5. The predicted octanol–water partition coefficient (Wildman–Crippen LogP) is -0.0216. The molecule has 0 aliphatic heterocycles. The molecule has 0 aliphatic carbocycles. The first kappa shape index (κ1) is 11.3. The number of hydrogen-bond acceptors (Lipinski definition) is 6. The molecule has 84 valence electrons. The molecule has 1 heterocycles. The smallest absolute Gasteiger partial charge is 0.317 e. The average molecular weight is 213 g/mol. The molecule has 7 heteroatoms. The highest BCUT2D eigenvalue weighted by Gasteiger charge is 2.13. The molecule has 7 nitrogen and oxygen atoms in total. The van der Waals surface area contributed by atoms with Gasteiger partial charge in [0.05, 0.1) is 6.54 Å². The standard InChI is InChI=1S/C8H15N5O2/c1-8(2,3)11-5(14)4-10-7-13-12-6(9)15-7/h4H2,1-3H3,(H2,9,12)(H,10,13)(H,11,14). The van der Waals surface area contributed by atoms with Crippen molar-refractivity contribution < 1.29 is 9.21 Å². The van der Waals surface area contributed by atoms with E-state index in [0.29, 0.717) is 0 Å². The number of aromatic nitrogens is 2. The van der Waals surface area contributed by atoms with Crippen molar-refractivity contribution in [3.63, 3.8) is 0 Å². The molecule has 0 fully saturated rings. The lowest BCUT2D eigenvalue weighted by molar-refractivity contribution is -0.120. The van der Waals surface area contributed by atoms with Crippen LogP contribution in [0, 0.1) is 0 Å². The van der Waals surface area contributed by atoms with Crippen LogP contribution in [0.15, 0.2) is 4.42 Å². The molecule has 0 radical (unpaired) electrons. The summed E-state index contributed by atoms with van der Waals surface area (Å²) in [4.78, 5) is 11.3. The second-order valence-corrected chi connectivity index (χ2v) is 4.10. The highest BCUT2D eigenvalue weighted by Crippen LogP contribution is 2.05. The van der Waals surface area contributed by atoms with Gasteiger partial charge in [0.1, 0.15) is 0 Å². The average Bonchev–Trinajstić information content (AvgIpc) is 2.45. The minimum absolute atomic E-state index is 0.0336. The van der Waals surface area contributed by atoms with Crippen molar-refractivity contribution in [3.05, 3.63) is 0 Å². The third-order valence-corrected chi connectivity index (χ3v) is 1.36. The van der Waals surface area contributed by atoms with Gasteiger partial charge in [0.25, 0.3) is 0 Å². The molecule has 0 saturated heterocycles. The summed E-state index contributed by atoms with van der Waals surface area (Å²) >= 11 is 0. The van der Waals surface area contributed by atoms with Crippen LogP contribution in [-0.2, 0) is 4.79 Å². The molecule has 0 spiro atoms. The summed E-state index contributed by atoms with van der Waals surface area (Å²) in [6, 6.07) is 0.102. The fourth-order valence-corrected chi connectivity index (χ4v) is 0.924. The van der Waals surface area contributed by atoms with Crippen LogP contribution in [0.2, 0.25) is 0 Å². The lowest BCUT2D eigenvalue weighted by Crippen LogP contribution is -2.43. The number of nitrogens with one attached hydrogen (secondary N) is 2. The number of amides is 1.